The number of methoxy groups -OCH3 is 1. The fourth-order valence-electron chi connectivity index (χ4n) is 3.11. The van der Waals surface area contributed by atoms with Gasteiger partial charge >= 0.3 is 0 Å². The molecule has 2 aromatic heterocycles. The van der Waals surface area contributed by atoms with E-state index in [1.165, 1.54) is 11.0 Å². The first-order valence-electron chi connectivity index (χ1n) is 9.82. The Morgan fingerprint density at radius 3 is 2.69 bits per heavy atom. The number of carbonyl (C=O) groups is 1. The van der Waals surface area contributed by atoms with Crippen LogP contribution in [0.2, 0.25) is 0 Å². The minimum Gasteiger partial charge on any atom is -0.497 e. The zero-order chi connectivity index (χ0) is 22.5. The number of nitrogens with zero attached hydrogens (tertiary/aromatic N) is 4. The number of aryl methyl sites for hydroxylation is 1. The number of aromatic nitrogens is 3. The number of hydrogen-bond acceptors (Lipinski definition) is 6. The van der Waals surface area contributed by atoms with Crippen LogP contribution in [0.3, 0.4) is 0 Å². The highest BCUT2D eigenvalue weighted by Gasteiger charge is 2.22. The van der Waals surface area contributed by atoms with Gasteiger partial charge in [0, 0.05) is 31.5 Å². The van der Waals surface area contributed by atoms with E-state index in [2.05, 4.69) is 9.97 Å². The highest BCUT2D eigenvalue weighted by atomic mass is 32.1. The molecule has 0 saturated carbocycles. The number of ether oxygens (including phenoxy) is 2. The van der Waals surface area contributed by atoms with E-state index >= 15 is 0 Å². The summed E-state index contributed by atoms with van der Waals surface area (Å²) < 4.78 is 40.7. The second kappa shape index (κ2) is 9.73. The Balaban J connectivity index is 1.52. The molecule has 4 aromatic rings. The Morgan fingerprint density at radius 2 is 1.97 bits per heavy atom. The molecule has 0 atom stereocenters. The van der Waals surface area contributed by atoms with Crippen LogP contribution in [0.1, 0.15) is 6.42 Å². The molecule has 2 heterocycles. The molecule has 0 saturated heterocycles. The zero-order valence-electron chi connectivity index (χ0n) is 17.2. The summed E-state index contributed by atoms with van der Waals surface area (Å²) in [5.74, 6) is -0.608. The number of hydrogen-bond donors (Lipinski definition) is 0. The number of benzene rings is 2. The maximum Gasteiger partial charge on any atom is 0.266 e. The molecule has 4 rings (SSSR count). The number of fused-ring (bicyclic) bond motifs is 1. The lowest BCUT2D eigenvalue weighted by Crippen LogP contribution is -2.36. The van der Waals surface area contributed by atoms with Crippen LogP contribution in [0.4, 0.5) is 13.9 Å². The summed E-state index contributed by atoms with van der Waals surface area (Å²) in [4.78, 5) is 22.7. The first-order chi connectivity index (χ1) is 15.5. The molecule has 1 amide bonds. The molecule has 32 heavy (non-hydrogen) atoms. The summed E-state index contributed by atoms with van der Waals surface area (Å²) in [6, 6.07) is 8.85. The van der Waals surface area contributed by atoms with Gasteiger partial charge in [0.1, 0.15) is 22.8 Å². The highest BCUT2D eigenvalue weighted by molar-refractivity contribution is 7.22. The summed E-state index contributed by atoms with van der Waals surface area (Å²) in [5.41, 5.74) is 0.0369. The number of imidazole rings is 1. The molecule has 0 unspecified atom stereocenters. The summed E-state index contributed by atoms with van der Waals surface area (Å²) in [6.07, 6.45) is 5.80. The third-order valence-electron chi connectivity index (χ3n) is 4.71. The topological polar surface area (TPSA) is 69.5 Å². The van der Waals surface area contributed by atoms with Gasteiger partial charge in [-0.2, -0.15) is 0 Å². The Labute approximate surface area is 186 Å². The molecule has 166 valence electrons. The van der Waals surface area contributed by atoms with Gasteiger partial charge in [0.05, 0.1) is 18.1 Å². The SMILES string of the molecule is COc1ccc(OCC(=O)N(CCCn2ccnc2)c2nc3c(F)cc(F)cc3s2)cc1. The molecule has 0 aliphatic rings. The van der Waals surface area contributed by atoms with E-state index in [4.69, 9.17) is 9.47 Å². The molecule has 2 aromatic carbocycles. The van der Waals surface area contributed by atoms with E-state index in [-0.39, 0.29) is 18.0 Å². The summed E-state index contributed by atoms with van der Waals surface area (Å²) in [7, 11) is 1.56. The van der Waals surface area contributed by atoms with Gasteiger partial charge in [0.25, 0.3) is 5.91 Å². The molecule has 0 N–H and O–H groups in total. The Hall–Kier alpha value is -3.53. The number of rotatable bonds is 9. The van der Waals surface area contributed by atoms with Crippen molar-refractivity contribution in [1.29, 1.82) is 0 Å². The number of anilines is 1. The van der Waals surface area contributed by atoms with Crippen molar-refractivity contribution < 1.29 is 23.0 Å². The van der Waals surface area contributed by atoms with Crippen molar-refractivity contribution in [1.82, 2.24) is 14.5 Å². The van der Waals surface area contributed by atoms with Crippen molar-refractivity contribution in [3.8, 4) is 11.5 Å². The molecule has 0 bridgehead atoms. The fraction of sp³-hybridized carbons (Fsp3) is 0.227. The van der Waals surface area contributed by atoms with Crippen molar-refractivity contribution in [2.45, 2.75) is 13.0 Å². The summed E-state index contributed by atoms with van der Waals surface area (Å²) >= 11 is 1.06. The minimum absolute atomic E-state index is 0.0369. The molecular weight excluding hydrogens is 438 g/mol. The van der Waals surface area contributed by atoms with E-state index in [1.807, 2.05) is 10.8 Å². The maximum absolute atomic E-state index is 14.1. The predicted molar refractivity (Wildman–Crippen MR) is 117 cm³/mol. The molecule has 0 fully saturated rings. The lowest BCUT2D eigenvalue weighted by atomic mass is 10.3. The zero-order valence-corrected chi connectivity index (χ0v) is 18.0. The van der Waals surface area contributed by atoms with Crippen molar-refractivity contribution in [3.63, 3.8) is 0 Å². The quantitative estimate of drug-likeness (QED) is 0.374. The van der Waals surface area contributed by atoms with E-state index in [1.54, 1.807) is 43.9 Å². The minimum atomic E-state index is -0.761. The van der Waals surface area contributed by atoms with Gasteiger partial charge in [-0.05, 0) is 36.8 Å². The first-order valence-corrected chi connectivity index (χ1v) is 10.6. The van der Waals surface area contributed by atoms with Crippen LogP contribution in [0.25, 0.3) is 10.2 Å². The average Bonchev–Trinajstić information content (AvgIpc) is 3.45. The smallest absolute Gasteiger partial charge is 0.266 e. The van der Waals surface area contributed by atoms with Gasteiger partial charge < -0.3 is 14.0 Å². The lowest BCUT2D eigenvalue weighted by Gasteiger charge is -2.20. The van der Waals surface area contributed by atoms with Crippen LogP contribution in [-0.4, -0.2) is 40.7 Å². The molecular formula is C22H20F2N4O3S. The molecule has 0 radical (unpaired) electrons. The van der Waals surface area contributed by atoms with E-state index in [9.17, 15) is 13.6 Å². The third kappa shape index (κ3) is 5.02. The Kier molecular flexibility index (Phi) is 6.60. The molecule has 10 heteroatoms. The van der Waals surface area contributed by atoms with Gasteiger partial charge in [-0.15, -0.1) is 0 Å². The van der Waals surface area contributed by atoms with Crippen LogP contribution in [0.15, 0.2) is 55.1 Å². The first kappa shape index (κ1) is 21.7. The van der Waals surface area contributed by atoms with Gasteiger partial charge in [0.15, 0.2) is 17.6 Å². The molecule has 0 aliphatic heterocycles. The maximum atomic E-state index is 14.1. The number of carbonyl (C=O) groups excluding carboxylic acids is 1. The largest absolute Gasteiger partial charge is 0.497 e. The van der Waals surface area contributed by atoms with Crippen molar-refractivity contribution in [3.05, 3.63) is 66.8 Å². The number of thiazole rings is 1. The number of halogens is 2. The van der Waals surface area contributed by atoms with Crippen LogP contribution in [0, 0.1) is 11.6 Å². The van der Waals surface area contributed by atoms with Crippen molar-refractivity contribution in [2.24, 2.45) is 0 Å². The van der Waals surface area contributed by atoms with Crippen molar-refractivity contribution >= 4 is 32.6 Å². The second-order valence-corrected chi connectivity index (χ2v) is 7.90. The van der Waals surface area contributed by atoms with E-state index in [0.29, 0.717) is 40.8 Å². The predicted octanol–water partition coefficient (Wildman–Crippen LogP) is 4.28. The third-order valence-corrected chi connectivity index (χ3v) is 5.74. The van der Waals surface area contributed by atoms with Gasteiger partial charge in [0.2, 0.25) is 0 Å². The van der Waals surface area contributed by atoms with Gasteiger partial charge in [-0.1, -0.05) is 11.3 Å². The fourth-order valence-corrected chi connectivity index (χ4v) is 4.16. The van der Waals surface area contributed by atoms with E-state index < -0.39 is 11.6 Å². The van der Waals surface area contributed by atoms with Gasteiger partial charge in [-0.25, -0.2) is 18.7 Å². The Morgan fingerprint density at radius 1 is 1.19 bits per heavy atom. The average molecular weight is 458 g/mol. The van der Waals surface area contributed by atoms with Crippen LogP contribution < -0.4 is 14.4 Å². The standard InChI is InChI=1S/C22H20F2N4O3S/c1-30-16-3-5-17(6-4-16)31-13-20(29)28(9-2-8-27-10-7-25-14-27)22-26-21-18(24)11-15(23)12-19(21)32-22/h3-7,10-12,14H,2,8-9,13H2,1H3. The highest BCUT2D eigenvalue weighted by Crippen LogP contribution is 2.31. The normalized spacial score (nSPS) is 11.0. The van der Waals surface area contributed by atoms with Crippen LogP contribution >= 0.6 is 11.3 Å². The lowest BCUT2D eigenvalue weighted by molar-refractivity contribution is -0.120. The second-order valence-electron chi connectivity index (χ2n) is 6.89. The monoisotopic (exact) mass is 458 g/mol. The van der Waals surface area contributed by atoms with Crippen LogP contribution in [-0.2, 0) is 11.3 Å². The van der Waals surface area contributed by atoms with Crippen LogP contribution in [0.5, 0.6) is 11.5 Å². The van der Waals surface area contributed by atoms with Gasteiger partial charge in [-0.3, -0.25) is 9.69 Å². The molecule has 7 nitrogen and oxygen atoms in total. The summed E-state index contributed by atoms with van der Waals surface area (Å²) in [5, 5.41) is 0.290. The number of amides is 1. The van der Waals surface area contributed by atoms with Crippen molar-refractivity contribution in [2.75, 3.05) is 25.2 Å². The Bertz CT molecular complexity index is 1200. The van der Waals surface area contributed by atoms with E-state index in [0.717, 1.165) is 17.4 Å². The molecule has 0 aliphatic carbocycles. The summed E-state index contributed by atoms with van der Waals surface area (Å²) in [6.45, 7) is 0.730. The molecule has 0 spiro atoms.